The summed E-state index contributed by atoms with van der Waals surface area (Å²) in [5.74, 6) is -0.308. The van der Waals surface area contributed by atoms with Gasteiger partial charge in [-0.05, 0) is 32.9 Å². The number of anilines is 1. The van der Waals surface area contributed by atoms with Crippen molar-refractivity contribution in [1.29, 1.82) is 0 Å². The number of aryl methyl sites for hydroxylation is 3. The van der Waals surface area contributed by atoms with E-state index in [0.29, 0.717) is 16.2 Å². The van der Waals surface area contributed by atoms with Crippen molar-refractivity contribution in [2.45, 2.75) is 20.8 Å². The maximum Gasteiger partial charge on any atom is 0.282 e. The van der Waals surface area contributed by atoms with Gasteiger partial charge < -0.3 is 5.32 Å². The summed E-state index contributed by atoms with van der Waals surface area (Å²) in [6.45, 7) is 5.56. The Kier molecular flexibility index (Phi) is 3.54. The molecule has 1 amide bonds. The second kappa shape index (κ2) is 5.38. The molecule has 0 aliphatic heterocycles. The van der Waals surface area contributed by atoms with Crippen molar-refractivity contribution in [3.63, 3.8) is 0 Å². The number of thiazole rings is 1. The van der Waals surface area contributed by atoms with Crippen molar-refractivity contribution in [2.24, 2.45) is 0 Å². The van der Waals surface area contributed by atoms with Crippen LogP contribution >= 0.6 is 11.3 Å². The second-order valence-corrected chi connectivity index (χ2v) is 6.41. The summed E-state index contributed by atoms with van der Waals surface area (Å²) >= 11 is 1.45. The molecule has 3 rings (SSSR count). The molecule has 22 heavy (non-hydrogen) atoms. The van der Waals surface area contributed by atoms with E-state index < -0.39 is 0 Å². The fourth-order valence-electron chi connectivity index (χ4n) is 2.27. The number of fused-ring (bicyclic) bond motifs is 1. The summed E-state index contributed by atoms with van der Waals surface area (Å²) in [6.07, 6.45) is 1.73. The lowest BCUT2D eigenvalue weighted by atomic mass is 10.1. The number of rotatable bonds is 2. The molecule has 112 valence electrons. The highest BCUT2D eigenvalue weighted by atomic mass is 32.1. The topological polar surface area (TPSA) is 63.5 Å². The van der Waals surface area contributed by atoms with E-state index in [9.17, 15) is 9.59 Å². The molecule has 5 nitrogen and oxygen atoms in total. The quantitative estimate of drug-likeness (QED) is 0.791. The maximum atomic E-state index is 12.5. The lowest BCUT2D eigenvalue weighted by Crippen LogP contribution is -2.24. The molecule has 0 saturated carbocycles. The van der Waals surface area contributed by atoms with Crippen molar-refractivity contribution in [3.8, 4) is 0 Å². The Morgan fingerprint density at radius 3 is 2.77 bits per heavy atom. The van der Waals surface area contributed by atoms with Crippen LogP contribution in [0.15, 0.2) is 35.3 Å². The Labute approximate surface area is 131 Å². The molecule has 6 heteroatoms. The monoisotopic (exact) mass is 313 g/mol. The molecule has 0 radical (unpaired) electrons. The van der Waals surface area contributed by atoms with Crippen LogP contribution in [-0.4, -0.2) is 15.3 Å². The first-order valence-corrected chi connectivity index (χ1v) is 7.65. The van der Waals surface area contributed by atoms with E-state index in [1.165, 1.54) is 15.7 Å². The van der Waals surface area contributed by atoms with Crippen molar-refractivity contribution >= 4 is 27.9 Å². The molecule has 1 N–H and O–H groups in total. The summed E-state index contributed by atoms with van der Waals surface area (Å²) < 4.78 is 1.47. The zero-order valence-corrected chi connectivity index (χ0v) is 13.3. The van der Waals surface area contributed by atoms with Gasteiger partial charge in [0.05, 0.1) is 5.69 Å². The molecule has 1 aromatic carbocycles. The average Bonchev–Trinajstić information content (AvgIpc) is 2.84. The number of nitrogens with one attached hydrogen (secondary N) is 1. The van der Waals surface area contributed by atoms with E-state index >= 15 is 0 Å². The molecule has 0 bridgehead atoms. The van der Waals surface area contributed by atoms with Gasteiger partial charge in [0.1, 0.15) is 5.69 Å². The molecular weight excluding hydrogens is 298 g/mol. The van der Waals surface area contributed by atoms with Gasteiger partial charge in [-0.25, -0.2) is 4.98 Å². The molecule has 0 spiro atoms. The van der Waals surface area contributed by atoms with Crippen molar-refractivity contribution in [2.75, 3.05) is 5.32 Å². The smallest absolute Gasteiger partial charge is 0.282 e. The largest absolute Gasteiger partial charge is 0.316 e. The Bertz CT molecular complexity index is 940. The van der Waals surface area contributed by atoms with Crippen LogP contribution in [0.2, 0.25) is 0 Å². The van der Waals surface area contributed by atoms with Crippen molar-refractivity contribution < 1.29 is 4.79 Å². The van der Waals surface area contributed by atoms with Crippen LogP contribution < -0.4 is 10.9 Å². The predicted octanol–water partition coefficient (Wildman–Crippen LogP) is 2.93. The Morgan fingerprint density at radius 1 is 1.27 bits per heavy atom. The van der Waals surface area contributed by atoms with E-state index in [4.69, 9.17) is 0 Å². The van der Waals surface area contributed by atoms with Gasteiger partial charge in [0, 0.05) is 16.6 Å². The standard InChI is InChI=1S/C16H15N3O2S/c1-9-5-4-6-12(7-9)14(20)18-13-11(3)17-16-19(15(13)21)8-10(2)22-16/h4-8H,1-3H3,(H,18,20). The molecule has 0 fully saturated rings. The minimum absolute atomic E-state index is 0.224. The molecule has 0 aliphatic rings. The highest BCUT2D eigenvalue weighted by molar-refractivity contribution is 7.16. The lowest BCUT2D eigenvalue weighted by Gasteiger charge is -2.08. The summed E-state index contributed by atoms with van der Waals surface area (Å²) in [6, 6.07) is 7.23. The van der Waals surface area contributed by atoms with Crippen LogP contribution in [0.5, 0.6) is 0 Å². The zero-order chi connectivity index (χ0) is 15.9. The van der Waals surface area contributed by atoms with Gasteiger partial charge in [0.25, 0.3) is 11.5 Å². The molecular formula is C16H15N3O2S. The number of nitrogens with zero attached hydrogens (tertiary/aromatic N) is 2. The fourth-order valence-corrected chi connectivity index (χ4v) is 3.13. The summed E-state index contributed by atoms with van der Waals surface area (Å²) in [5.41, 5.74) is 2.00. The van der Waals surface area contributed by atoms with Crippen molar-refractivity contribution in [1.82, 2.24) is 9.38 Å². The van der Waals surface area contributed by atoms with Crippen LogP contribution in [0.4, 0.5) is 5.69 Å². The highest BCUT2D eigenvalue weighted by Crippen LogP contribution is 2.17. The number of carbonyl (C=O) groups excluding carboxylic acids is 1. The molecule has 2 heterocycles. The molecule has 0 saturated heterocycles. The number of hydrogen-bond acceptors (Lipinski definition) is 4. The third kappa shape index (κ3) is 2.53. The van der Waals surface area contributed by atoms with Crippen LogP contribution in [0.3, 0.4) is 0 Å². The van der Waals surface area contributed by atoms with Gasteiger partial charge in [-0.15, -0.1) is 11.3 Å². The van der Waals surface area contributed by atoms with Gasteiger partial charge in [-0.1, -0.05) is 17.7 Å². The van der Waals surface area contributed by atoms with Crippen molar-refractivity contribution in [3.05, 3.63) is 62.5 Å². The third-order valence-electron chi connectivity index (χ3n) is 3.35. The van der Waals surface area contributed by atoms with E-state index in [1.54, 1.807) is 25.3 Å². The first kappa shape index (κ1) is 14.5. The second-order valence-electron chi connectivity index (χ2n) is 5.20. The number of benzene rings is 1. The minimum Gasteiger partial charge on any atom is -0.316 e. The van der Waals surface area contributed by atoms with Crippen LogP contribution in [0.25, 0.3) is 4.96 Å². The molecule has 0 unspecified atom stereocenters. The van der Waals surface area contributed by atoms with E-state index in [1.807, 2.05) is 26.0 Å². The average molecular weight is 313 g/mol. The number of carbonyl (C=O) groups is 1. The predicted molar refractivity (Wildman–Crippen MR) is 87.9 cm³/mol. The lowest BCUT2D eigenvalue weighted by molar-refractivity contribution is 0.102. The number of amides is 1. The third-order valence-corrected chi connectivity index (χ3v) is 4.24. The van der Waals surface area contributed by atoms with Crippen LogP contribution in [0.1, 0.15) is 26.5 Å². The van der Waals surface area contributed by atoms with E-state index in [2.05, 4.69) is 10.3 Å². The molecule has 0 atom stereocenters. The Morgan fingerprint density at radius 2 is 2.05 bits per heavy atom. The molecule has 3 aromatic rings. The number of hydrogen-bond donors (Lipinski definition) is 1. The summed E-state index contributed by atoms with van der Waals surface area (Å²) in [7, 11) is 0. The van der Waals surface area contributed by atoms with Gasteiger partial charge in [0.2, 0.25) is 0 Å². The van der Waals surface area contributed by atoms with Gasteiger partial charge in [-0.3, -0.25) is 14.0 Å². The maximum absolute atomic E-state index is 12.5. The van der Waals surface area contributed by atoms with Gasteiger partial charge >= 0.3 is 0 Å². The summed E-state index contributed by atoms with van der Waals surface area (Å²) in [4.78, 5) is 30.9. The minimum atomic E-state index is -0.308. The Hall–Kier alpha value is -2.47. The van der Waals surface area contributed by atoms with E-state index in [-0.39, 0.29) is 17.2 Å². The first-order chi connectivity index (χ1) is 10.5. The van der Waals surface area contributed by atoms with Gasteiger partial charge in [0.15, 0.2) is 4.96 Å². The SMILES string of the molecule is Cc1cccc(C(=O)Nc2c(C)nc3sc(C)cn3c2=O)c1. The van der Waals surface area contributed by atoms with Gasteiger partial charge in [-0.2, -0.15) is 0 Å². The van der Waals surface area contributed by atoms with E-state index in [0.717, 1.165) is 10.4 Å². The van der Waals surface area contributed by atoms with Crippen LogP contribution in [0, 0.1) is 20.8 Å². The summed E-state index contributed by atoms with van der Waals surface area (Å²) in [5, 5.41) is 2.69. The van der Waals surface area contributed by atoms with Crippen LogP contribution in [-0.2, 0) is 0 Å². The molecule has 0 aliphatic carbocycles. The Balaban J connectivity index is 2.03. The normalized spacial score (nSPS) is 10.9. The number of aromatic nitrogens is 2. The first-order valence-electron chi connectivity index (χ1n) is 6.83. The highest BCUT2D eigenvalue weighted by Gasteiger charge is 2.15. The zero-order valence-electron chi connectivity index (χ0n) is 12.5. The fraction of sp³-hybridized carbons (Fsp3) is 0.188. The molecule has 2 aromatic heterocycles.